The molecular weight excluding hydrogens is 364 g/mol. The lowest BCUT2D eigenvalue weighted by Crippen LogP contribution is -2.22. The maximum atomic E-state index is 12.3. The number of aromatic nitrogens is 3. The topological polar surface area (TPSA) is 86.1 Å². The molecule has 2 aromatic heterocycles. The van der Waals surface area contributed by atoms with Gasteiger partial charge in [-0.05, 0) is 45.0 Å². The number of amides is 1. The van der Waals surface area contributed by atoms with E-state index >= 15 is 0 Å². The van der Waals surface area contributed by atoms with Gasteiger partial charge in [0.1, 0.15) is 10.6 Å². The van der Waals surface area contributed by atoms with Gasteiger partial charge in [0.15, 0.2) is 0 Å². The number of aryl methyl sites for hydroxylation is 1. The second kappa shape index (κ2) is 8.13. The largest absolute Gasteiger partial charge is 0.462 e. The van der Waals surface area contributed by atoms with Gasteiger partial charge in [-0.15, -0.1) is 11.3 Å². The van der Waals surface area contributed by atoms with Gasteiger partial charge in [-0.1, -0.05) is 0 Å². The van der Waals surface area contributed by atoms with E-state index in [4.69, 9.17) is 4.74 Å². The normalized spacial score (nSPS) is 10.6. The number of esters is 1. The van der Waals surface area contributed by atoms with Crippen LogP contribution in [0.15, 0.2) is 35.8 Å². The molecule has 0 atom stereocenters. The van der Waals surface area contributed by atoms with E-state index in [9.17, 15) is 9.59 Å². The van der Waals surface area contributed by atoms with Crippen LogP contribution in [0.2, 0.25) is 0 Å². The van der Waals surface area contributed by atoms with Crippen molar-refractivity contribution >= 4 is 23.2 Å². The van der Waals surface area contributed by atoms with Crippen molar-refractivity contribution < 1.29 is 14.3 Å². The van der Waals surface area contributed by atoms with Gasteiger partial charge in [0.05, 0.1) is 30.7 Å². The molecular formula is C19H20N4O3S. The minimum Gasteiger partial charge on any atom is -0.462 e. The van der Waals surface area contributed by atoms with Gasteiger partial charge in [0.2, 0.25) is 0 Å². The Balaban J connectivity index is 1.70. The summed E-state index contributed by atoms with van der Waals surface area (Å²) in [6, 6.07) is 7.03. The number of nitrogens with zero attached hydrogens (tertiary/aromatic N) is 3. The van der Waals surface area contributed by atoms with Gasteiger partial charge in [-0.2, -0.15) is 5.10 Å². The first kappa shape index (κ1) is 18.8. The van der Waals surface area contributed by atoms with E-state index in [2.05, 4.69) is 15.4 Å². The lowest BCUT2D eigenvalue weighted by atomic mass is 10.2. The van der Waals surface area contributed by atoms with Crippen LogP contribution in [0.4, 0.5) is 0 Å². The second-order valence-electron chi connectivity index (χ2n) is 5.89. The Morgan fingerprint density at radius 2 is 1.96 bits per heavy atom. The molecule has 0 bridgehead atoms. The number of carbonyl (C=O) groups is 2. The Labute approximate surface area is 161 Å². The highest BCUT2D eigenvalue weighted by Gasteiger charge is 2.16. The SMILES string of the molecule is CCOC(=O)c1cnn(-c2ccc(C(=O)NCc3nc(C)cs3)cc2)c1C. The van der Waals surface area contributed by atoms with Crippen molar-refractivity contribution in [2.45, 2.75) is 27.3 Å². The number of rotatable bonds is 6. The third-order valence-electron chi connectivity index (χ3n) is 3.95. The van der Waals surface area contributed by atoms with Gasteiger partial charge < -0.3 is 10.1 Å². The number of nitrogens with one attached hydrogen (secondary N) is 1. The molecule has 0 spiro atoms. The molecule has 27 heavy (non-hydrogen) atoms. The minimum atomic E-state index is -0.394. The molecule has 8 heteroatoms. The third-order valence-corrected chi connectivity index (χ3v) is 4.91. The molecule has 0 unspecified atom stereocenters. The summed E-state index contributed by atoms with van der Waals surface area (Å²) in [6.07, 6.45) is 1.49. The Morgan fingerprint density at radius 3 is 2.59 bits per heavy atom. The van der Waals surface area contributed by atoms with Crippen LogP contribution in [0, 0.1) is 13.8 Å². The number of ether oxygens (including phenoxy) is 1. The van der Waals surface area contributed by atoms with Crippen LogP contribution in [0.3, 0.4) is 0 Å². The zero-order chi connectivity index (χ0) is 19.4. The lowest BCUT2D eigenvalue weighted by Gasteiger charge is -2.07. The van der Waals surface area contributed by atoms with Gasteiger partial charge in [0.25, 0.3) is 5.91 Å². The summed E-state index contributed by atoms with van der Waals surface area (Å²) in [5.41, 5.74) is 3.37. The molecule has 3 rings (SSSR count). The first-order chi connectivity index (χ1) is 13.0. The summed E-state index contributed by atoms with van der Waals surface area (Å²) >= 11 is 1.52. The van der Waals surface area contributed by atoms with E-state index in [1.807, 2.05) is 12.3 Å². The number of benzene rings is 1. The second-order valence-corrected chi connectivity index (χ2v) is 6.83. The molecule has 0 saturated heterocycles. The summed E-state index contributed by atoms with van der Waals surface area (Å²) < 4.78 is 6.67. The molecule has 0 aliphatic rings. The van der Waals surface area contributed by atoms with E-state index in [1.54, 1.807) is 42.8 Å². The highest BCUT2D eigenvalue weighted by molar-refractivity contribution is 7.09. The molecule has 2 heterocycles. The summed E-state index contributed by atoms with van der Waals surface area (Å²) in [6.45, 7) is 6.20. The molecule has 0 saturated carbocycles. The molecule has 0 fully saturated rings. The molecule has 1 amide bonds. The van der Waals surface area contributed by atoms with E-state index in [-0.39, 0.29) is 5.91 Å². The first-order valence-corrected chi connectivity index (χ1v) is 9.39. The maximum Gasteiger partial charge on any atom is 0.341 e. The number of thiazole rings is 1. The smallest absolute Gasteiger partial charge is 0.341 e. The van der Waals surface area contributed by atoms with E-state index in [0.717, 1.165) is 16.4 Å². The lowest BCUT2D eigenvalue weighted by molar-refractivity contribution is 0.0525. The Morgan fingerprint density at radius 1 is 1.22 bits per heavy atom. The molecule has 1 N–H and O–H groups in total. The van der Waals surface area contributed by atoms with Crippen LogP contribution in [0.5, 0.6) is 0 Å². The van der Waals surface area contributed by atoms with E-state index in [1.165, 1.54) is 17.5 Å². The summed E-state index contributed by atoms with van der Waals surface area (Å²) in [5.74, 6) is -0.562. The predicted octanol–water partition coefficient (Wildman–Crippen LogP) is 3.05. The standard InChI is InChI=1S/C19H20N4O3S/c1-4-26-19(25)16-9-21-23(13(16)3)15-7-5-14(6-8-15)18(24)20-10-17-22-12(2)11-27-17/h5-9,11H,4,10H2,1-3H3,(H,20,24). The van der Waals surface area contributed by atoms with Crippen molar-refractivity contribution in [3.8, 4) is 5.69 Å². The molecule has 3 aromatic rings. The minimum absolute atomic E-state index is 0.168. The molecule has 0 radical (unpaired) electrons. The highest BCUT2D eigenvalue weighted by atomic mass is 32.1. The Kier molecular flexibility index (Phi) is 5.66. The molecule has 1 aromatic carbocycles. The van der Waals surface area contributed by atoms with E-state index in [0.29, 0.717) is 30.0 Å². The number of carbonyl (C=O) groups excluding carboxylic acids is 2. The van der Waals surface area contributed by atoms with E-state index < -0.39 is 5.97 Å². The Bertz CT molecular complexity index is 960. The molecule has 7 nitrogen and oxygen atoms in total. The maximum absolute atomic E-state index is 12.3. The van der Waals surface area contributed by atoms with Crippen molar-refractivity contribution in [3.05, 3.63) is 63.4 Å². The average Bonchev–Trinajstić information content (AvgIpc) is 3.25. The van der Waals surface area contributed by atoms with Crippen LogP contribution in [-0.2, 0) is 11.3 Å². The summed E-state index contributed by atoms with van der Waals surface area (Å²) in [5, 5.41) is 9.93. The van der Waals surface area contributed by atoms with Crippen molar-refractivity contribution in [3.63, 3.8) is 0 Å². The fourth-order valence-corrected chi connectivity index (χ4v) is 3.29. The van der Waals surface area contributed by atoms with Crippen LogP contribution in [0.25, 0.3) is 5.69 Å². The van der Waals surface area contributed by atoms with Crippen LogP contribution in [-0.4, -0.2) is 33.2 Å². The van der Waals surface area contributed by atoms with Crippen LogP contribution >= 0.6 is 11.3 Å². The fraction of sp³-hybridized carbons (Fsp3) is 0.263. The Hall–Kier alpha value is -3.00. The zero-order valence-corrected chi connectivity index (χ0v) is 16.2. The van der Waals surface area contributed by atoms with Crippen LogP contribution < -0.4 is 5.32 Å². The van der Waals surface area contributed by atoms with Crippen LogP contribution in [0.1, 0.15) is 44.0 Å². The molecule has 0 aliphatic heterocycles. The van der Waals surface area contributed by atoms with Crippen molar-refractivity contribution in [2.75, 3.05) is 6.61 Å². The summed E-state index contributed by atoms with van der Waals surface area (Å²) in [4.78, 5) is 28.5. The highest BCUT2D eigenvalue weighted by Crippen LogP contribution is 2.16. The quantitative estimate of drug-likeness (QED) is 0.660. The van der Waals surface area contributed by atoms with Gasteiger partial charge in [0, 0.05) is 16.6 Å². The third kappa shape index (κ3) is 4.22. The predicted molar refractivity (Wildman–Crippen MR) is 102 cm³/mol. The van der Waals surface area contributed by atoms with Gasteiger partial charge >= 0.3 is 5.97 Å². The number of hydrogen-bond donors (Lipinski definition) is 1. The van der Waals surface area contributed by atoms with Crippen molar-refractivity contribution in [2.24, 2.45) is 0 Å². The van der Waals surface area contributed by atoms with Gasteiger partial charge in [-0.25, -0.2) is 14.5 Å². The summed E-state index contributed by atoms with van der Waals surface area (Å²) in [7, 11) is 0. The first-order valence-electron chi connectivity index (χ1n) is 8.51. The fourth-order valence-electron chi connectivity index (χ4n) is 2.58. The van der Waals surface area contributed by atoms with Crippen molar-refractivity contribution in [1.82, 2.24) is 20.1 Å². The van der Waals surface area contributed by atoms with Crippen molar-refractivity contribution in [1.29, 1.82) is 0 Å². The monoisotopic (exact) mass is 384 g/mol. The van der Waals surface area contributed by atoms with Gasteiger partial charge in [-0.3, -0.25) is 4.79 Å². The molecule has 140 valence electrons. The zero-order valence-electron chi connectivity index (χ0n) is 15.4. The number of hydrogen-bond acceptors (Lipinski definition) is 6. The molecule has 0 aliphatic carbocycles. The average molecular weight is 384 g/mol.